The van der Waals surface area contributed by atoms with Crippen LogP contribution >= 0.6 is 0 Å². The number of hydrogen-bond donors (Lipinski definition) is 0. The average molecular weight is 413 g/mol. The number of carbonyl (C=O) groups is 1. The Kier molecular flexibility index (Phi) is 4.74. The van der Waals surface area contributed by atoms with Crippen molar-refractivity contribution in [1.82, 2.24) is 20.0 Å². The summed E-state index contributed by atoms with van der Waals surface area (Å²) in [5.74, 6) is 1.25. The first kappa shape index (κ1) is 19.4. The molecule has 0 bridgehead atoms. The van der Waals surface area contributed by atoms with Crippen LogP contribution in [0.4, 0.5) is 5.95 Å². The van der Waals surface area contributed by atoms with E-state index in [-0.39, 0.29) is 23.5 Å². The zero-order valence-electron chi connectivity index (χ0n) is 17.6. The van der Waals surface area contributed by atoms with Crippen LogP contribution in [-0.2, 0) is 21.5 Å². The molecule has 3 aliphatic heterocycles. The first-order valence-electron chi connectivity index (χ1n) is 10.5. The van der Waals surface area contributed by atoms with Gasteiger partial charge in [0.1, 0.15) is 5.76 Å². The third-order valence-electron chi connectivity index (χ3n) is 6.18. The summed E-state index contributed by atoms with van der Waals surface area (Å²) in [4.78, 5) is 26.6. The minimum Gasteiger partial charge on any atom is -0.376 e. The summed E-state index contributed by atoms with van der Waals surface area (Å²) >= 11 is 0. The van der Waals surface area contributed by atoms with Gasteiger partial charge in [-0.1, -0.05) is 5.16 Å². The summed E-state index contributed by atoms with van der Waals surface area (Å²) in [5, 5.41) is 3.89. The maximum atomic E-state index is 12.9. The second-order valence-corrected chi connectivity index (χ2v) is 8.78. The fraction of sp³-hybridized carbons (Fsp3) is 0.619. The van der Waals surface area contributed by atoms with E-state index in [1.165, 1.54) is 0 Å². The predicted molar refractivity (Wildman–Crippen MR) is 107 cm³/mol. The molecule has 2 aromatic heterocycles. The fourth-order valence-electron chi connectivity index (χ4n) is 4.87. The molecular formula is C21H27N5O4. The number of hydrogen-bond acceptors (Lipinski definition) is 8. The van der Waals surface area contributed by atoms with Crippen molar-refractivity contribution in [2.45, 2.75) is 51.4 Å². The Morgan fingerprint density at radius 1 is 1.27 bits per heavy atom. The Labute approximate surface area is 175 Å². The van der Waals surface area contributed by atoms with Gasteiger partial charge in [0.2, 0.25) is 5.95 Å². The van der Waals surface area contributed by atoms with E-state index in [9.17, 15) is 4.79 Å². The van der Waals surface area contributed by atoms with Crippen LogP contribution in [0.25, 0.3) is 0 Å². The van der Waals surface area contributed by atoms with Crippen molar-refractivity contribution < 1.29 is 18.8 Å². The maximum absolute atomic E-state index is 12.9. The molecular weight excluding hydrogens is 386 g/mol. The van der Waals surface area contributed by atoms with Crippen molar-refractivity contribution in [2.24, 2.45) is 0 Å². The van der Waals surface area contributed by atoms with Gasteiger partial charge in [0, 0.05) is 44.0 Å². The van der Waals surface area contributed by atoms with Gasteiger partial charge < -0.3 is 23.8 Å². The van der Waals surface area contributed by atoms with E-state index in [0.717, 1.165) is 36.7 Å². The average Bonchev–Trinajstić information content (AvgIpc) is 3.34. The van der Waals surface area contributed by atoms with Crippen LogP contribution in [0, 0.1) is 6.92 Å². The van der Waals surface area contributed by atoms with Gasteiger partial charge in [0.05, 0.1) is 36.5 Å². The molecule has 9 nitrogen and oxygen atoms in total. The number of rotatable bonds is 2. The molecule has 0 aromatic carbocycles. The summed E-state index contributed by atoms with van der Waals surface area (Å²) in [6.45, 7) is 9.70. The van der Waals surface area contributed by atoms with Gasteiger partial charge in [-0.05, 0) is 27.2 Å². The monoisotopic (exact) mass is 413 g/mol. The first-order valence-corrected chi connectivity index (χ1v) is 10.5. The molecule has 2 fully saturated rings. The van der Waals surface area contributed by atoms with Crippen LogP contribution in [0.2, 0.25) is 0 Å². The topological polar surface area (TPSA) is 93.8 Å². The number of amides is 1. The van der Waals surface area contributed by atoms with Gasteiger partial charge in [-0.25, -0.2) is 9.97 Å². The highest BCUT2D eigenvalue weighted by Gasteiger charge is 2.47. The molecule has 0 N–H and O–H groups in total. The summed E-state index contributed by atoms with van der Waals surface area (Å²) < 4.78 is 16.8. The van der Waals surface area contributed by atoms with E-state index in [0.29, 0.717) is 37.8 Å². The van der Waals surface area contributed by atoms with Gasteiger partial charge in [0.25, 0.3) is 5.91 Å². The van der Waals surface area contributed by atoms with Crippen LogP contribution in [0.3, 0.4) is 0 Å². The third kappa shape index (κ3) is 3.35. The Morgan fingerprint density at radius 2 is 2.07 bits per heavy atom. The van der Waals surface area contributed by atoms with Crippen molar-refractivity contribution in [3.05, 3.63) is 35.0 Å². The number of likely N-dealkylation sites (tertiary alicyclic amines) is 1. The summed E-state index contributed by atoms with van der Waals surface area (Å²) in [5.41, 5.74) is 2.05. The zero-order chi connectivity index (χ0) is 20.9. The molecule has 160 valence electrons. The molecule has 5 heterocycles. The summed E-state index contributed by atoms with van der Waals surface area (Å²) in [7, 11) is 0. The fourth-order valence-corrected chi connectivity index (χ4v) is 4.87. The Morgan fingerprint density at radius 3 is 2.80 bits per heavy atom. The van der Waals surface area contributed by atoms with E-state index in [2.05, 4.69) is 28.9 Å². The highest BCUT2D eigenvalue weighted by atomic mass is 16.5. The smallest absolute Gasteiger partial charge is 0.276 e. The normalized spacial score (nSPS) is 28.8. The zero-order valence-corrected chi connectivity index (χ0v) is 17.6. The van der Waals surface area contributed by atoms with Gasteiger partial charge in [-0.2, -0.15) is 0 Å². The lowest BCUT2D eigenvalue weighted by Crippen LogP contribution is -2.47. The molecule has 3 atom stereocenters. The van der Waals surface area contributed by atoms with Crippen LogP contribution in [0.1, 0.15) is 47.8 Å². The van der Waals surface area contributed by atoms with Crippen molar-refractivity contribution in [2.75, 3.05) is 37.7 Å². The van der Waals surface area contributed by atoms with Crippen molar-refractivity contribution in [1.29, 1.82) is 0 Å². The van der Waals surface area contributed by atoms with E-state index < -0.39 is 0 Å². The minimum atomic E-state index is -0.316. The molecule has 0 aliphatic carbocycles. The number of fused-ring (bicyclic) bond motifs is 2. The highest BCUT2D eigenvalue weighted by molar-refractivity contribution is 5.92. The quantitative estimate of drug-likeness (QED) is 0.734. The van der Waals surface area contributed by atoms with Gasteiger partial charge in [-0.15, -0.1) is 0 Å². The molecule has 5 rings (SSSR count). The van der Waals surface area contributed by atoms with Gasteiger partial charge in [0.15, 0.2) is 5.69 Å². The number of nitrogens with zero attached hydrogens (tertiary/aromatic N) is 5. The van der Waals surface area contributed by atoms with Crippen LogP contribution in [0.15, 0.2) is 16.8 Å². The van der Waals surface area contributed by atoms with Gasteiger partial charge in [-0.3, -0.25) is 4.79 Å². The second kappa shape index (κ2) is 7.31. The SMILES string of the molecule is Cc1cc(C(=O)N2CC[C@]3(COCc4cnc(N5C[C@H](C)O[C@@H](C)C5)nc43)C2)no1. The molecule has 2 aromatic rings. The van der Waals surface area contributed by atoms with Crippen molar-refractivity contribution in [3.8, 4) is 0 Å². The van der Waals surface area contributed by atoms with Crippen molar-refractivity contribution >= 4 is 11.9 Å². The third-order valence-corrected chi connectivity index (χ3v) is 6.18. The molecule has 1 spiro atoms. The van der Waals surface area contributed by atoms with E-state index in [1.54, 1.807) is 13.0 Å². The highest BCUT2D eigenvalue weighted by Crippen LogP contribution is 2.40. The second-order valence-electron chi connectivity index (χ2n) is 8.78. The first-order chi connectivity index (χ1) is 14.4. The lowest BCUT2D eigenvalue weighted by atomic mass is 9.80. The number of anilines is 1. The van der Waals surface area contributed by atoms with Crippen molar-refractivity contribution in [3.63, 3.8) is 0 Å². The summed E-state index contributed by atoms with van der Waals surface area (Å²) in [6, 6.07) is 1.68. The van der Waals surface area contributed by atoms with Gasteiger partial charge >= 0.3 is 0 Å². The van der Waals surface area contributed by atoms with E-state index in [1.807, 2.05) is 11.1 Å². The molecule has 9 heteroatoms. The Bertz CT molecular complexity index is 953. The van der Waals surface area contributed by atoms with E-state index >= 15 is 0 Å². The number of aryl methyl sites for hydroxylation is 1. The number of morpholine rings is 1. The van der Waals surface area contributed by atoms with E-state index in [4.69, 9.17) is 19.0 Å². The Hall–Kier alpha value is -2.52. The maximum Gasteiger partial charge on any atom is 0.276 e. The molecule has 2 saturated heterocycles. The van der Waals surface area contributed by atoms with Crippen LogP contribution < -0.4 is 4.90 Å². The number of carbonyl (C=O) groups excluding carboxylic acids is 1. The molecule has 0 unspecified atom stereocenters. The lowest BCUT2D eigenvalue weighted by Gasteiger charge is -2.38. The molecule has 30 heavy (non-hydrogen) atoms. The van der Waals surface area contributed by atoms with Crippen LogP contribution in [-0.4, -0.2) is 70.9 Å². The molecule has 0 radical (unpaired) electrons. The number of ether oxygens (including phenoxy) is 2. The minimum absolute atomic E-state index is 0.110. The molecule has 3 aliphatic rings. The summed E-state index contributed by atoms with van der Waals surface area (Å²) in [6.07, 6.45) is 2.96. The predicted octanol–water partition coefficient (Wildman–Crippen LogP) is 1.70. The lowest BCUT2D eigenvalue weighted by molar-refractivity contribution is -0.00584. The van der Waals surface area contributed by atoms with Crippen LogP contribution in [0.5, 0.6) is 0 Å². The Balaban J connectivity index is 1.42. The standard InChI is InChI=1S/C21H27N5O4/c1-13-6-17(24-30-13)19(27)25-5-4-21(11-25)12-28-10-16-7-22-20(23-18(16)21)26-8-14(2)29-15(3)9-26/h6-7,14-15H,4-5,8-12H2,1-3H3/t14-,15-,21+/m0/s1. The molecule has 0 saturated carbocycles. The largest absolute Gasteiger partial charge is 0.376 e. The molecule has 1 amide bonds. The number of aromatic nitrogens is 3.